The van der Waals surface area contributed by atoms with Gasteiger partial charge in [0.2, 0.25) is 0 Å². The van der Waals surface area contributed by atoms with Gasteiger partial charge in [-0.3, -0.25) is 0 Å². The van der Waals surface area contributed by atoms with Crippen LogP contribution in [0.1, 0.15) is 17.2 Å². The number of pyridine rings is 1. The molecule has 1 aliphatic heterocycles. The molecule has 5 heteroatoms. The maximum Gasteiger partial charge on any atom is 0.146 e. The molecule has 1 aromatic heterocycles. The van der Waals surface area contributed by atoms with E-state index in [1.165, 1.54) is 0 Å². The van der Waals surface area contributed by atoms with Crippen LogP contribution in [0.3, 0.4) is 0 Å². The maximum atomic E-state index is 11.7. The summed E-state index contributed by atoms with van der Waals surface area (Å²) < 4.78 is 0. The van der Waals surface area contributed by atoms with Crippen LogP contribution in [0.2, 0.25) is 0 Å². The third-order valence-electron chi connectivity index (χ3n) is 4.39. The summed E-state index contributed by atoms with van der Waals surface area (Å²) >= 11 is 0. The molecule has 3 aromatic rings. The Hall–Kier alpha value is -3.60. The number of hydrogen-bond acceptors (Lipinski definition) is 5. The molecule has 0 saturated carbocycles. The van der Waals surface area contributed by atoms with Gasteiger partial charge in [0.05, 0.1) is 0 Å². The van der Waals surface area contributed by atoms with Crippen molar-refractivity contribution < 1.29 is 4.79 Å². The topological polar surface area (TPSA) is 80.0 Å². The fourth-order valence-corrected chi connectivity index (χ4v) is 3.11. The van der Waals surface area contributed by atoms with Gasteiger partial charge in [-0.15, -0.1) is 0 Å². The summed E-state index contributed by atoms with van der Waals surface area (Å²) in [5.74, 6) is 0.666. The van der Waals surface area contributed by atoms with Crippen molar-refractivity contribution in [3.63, 3.8) is 0 Å². The molecule has 4 rings (SSSR count). The first-order valence-electron chi connectivity index (χ1n) is 8.35. The van der Waals surface area contributed by atoms with Gasteiger partial charge in [-0.1, -0.05) is 30.3 Å². The highest BCUT2D eigenvalue weighted by molar-refractivity contribution is 5.85. The SMILES string of the molecule is Nc1ccc(-c2cnc(Nc3ccccc3)c3c2C=CNC3C=O)cc1. The Morgan fingerprint density at radius 3 is 2.58 bits per heavy atom. The lowest BCUT2D eigenvalue weighted by molar-refractivity contribution is -0.109. The number of nitrogens with zero attached hydrogens (tertiary/aromatic N) is 1. The Kier molecular flexibility index (Phi) is 4.11. The maximum absolute atomic E-state index is 11.7. The Morgan fingerprint density at radius 2 is 1.85 bits per heavy atom. The summed E-state index contributed by atoms with van der Waals surface area (Å²) in [7, 11) is 0. The van der Waals surface area contributed by atoms with Crippen LogP contribution in [0.15, 0.2) is 67.0 Å². The summed E-state index contributed by atoms with van der Waals surface area (Å²) in [6, 6.07) is 17.0. The second kappa shape index (κ2) is 6.72. The molecule has 5 nitrogen and oxygen atoms in total. The highest BCUT2D eigenvalue weighted by Gasteiger charge is 2.24. The molecule has 2 aromatic carbocycles. The van der Waals surface area contributed by atoms with E-state index >= 15 is 0 Å². The normalized spacial score (nSPS) is 15.0. The van der Waals surface area contributed by atoms with Gasteiger partial charge in [-0.05, 0) is 47.7 Å². The van der Waals surface area contributed by atoms with Crippen LogP contribution in [-0.4, -0.2) is 11.3 Å². The molecule has 1 atom stereocenters. The number of carbonyl (C=O) groups excluding carboxylic acids is 1. The molecule has 0 radical (unpaired) electrons. The van der Waals surface area contributed by atoms with Crippen LogP contribution in [0.4, 0.5) is 17.2 Å². The van der Waals surface area contributed by atoms with Gasteiger partial charge in [-0.2, -0.15) is 0 Å². The quantitative estimate of drug-likeness (QED) is 0.495. The Morgan fingerprint density at radius 1 is 1.08 bits per heavy atom. The number of anilines is 3. The fraction of sp³-hybridized carbons (Fsp3) is 0.0476. The van der Waals surface area contributed by atoms with Crippen LogP contribution < -0.4 is 16.4 Å². The van der Waals surface area contributed by atoms with Gasteiger partial charge in [0.25, 0.3) is 0 Å². The Labute approximate surface area is 151 Å². The van der Waals surface area contributed by atoms with E-state index in [0.29, 0.717) is 11.5 Å². The van der Waals surface area contributed by atoms with Gasteiger partial charge in [0.1, 0.15) is 18.1 Å². The summed E-state index contributed by atoms with van der Waals surface area (Å²) in [5.41, 5.74) is 11.2. The van der Waals surface area contributed by atoms with Crippen LogP contribution in [0.25, 0.3) is 17.2 Å². The molecule has 1 unspecified atom stereocenters. The summed E-state index contributed by atoms with van der Waals surface area (Å²) in [6.45, 7) is 0. The minimum Gasteiger partial charge on any atom is -0.399 e. The van der Waals surface area contributed by atoms with Crippen LogP contribution in [-0.2, 0) is 4.79 Å². The Balaban J connectivity index is 1.86. The lowest BCUT2D eigenvalue weighted by atomic mass is 9.92. The number of para-hydroxylation sites is 1. The predicted molar refractivity (Wildman–Crippen MR) is 105 cm³/mol. The van der Waals surface area contributed by atoms with Crippen molar-refractivity contribution in [2.24, 2.45) is 0 Å². The zero-order valence-corrected chi connectivity index (χ0v) is 14.0. The number of nitrogens with one attached hydrogen (secondary N) is 2. The molecule has 0 aliphatic carbocycles. The minimum atomic E-state index is -0.456. The smallest absolute Gasteiger partial charge is 0.146 e. The first-order valence-corrected chi connectivity index (χ1v) is 8.35. The van der Waals surface area contributed by atoms with Gasteiger partial charge in [-0.25, -0.2) is 4.98 Å². The molecule has 0 bridgehead atoms. The average molecular weight is 342 g/mol. The lowest BCUT2D eigenvalue weighted by Gasteiger charge is -2.24. The van der Waals surface area contributed by atoms with Gasteiger partial charge >= 0.3 is 0 Å². The molecule has 0 fully saturated rings. The first-order chi connectivity index (χ1) is 12.8. The lowest BCUT2D eigenvalue weighted by Crippen LogP contribution is -2.23. The van der Waals surface area contributed by atoms with E-state index in [1.807, 2.05) is 66.9 Å². The highest BCUT2D eigenvalue weighted by Crippen LogP contribution is 2.36. The second-order valence-corrected chi connectivity index (χ2v) is 6.07. The average Bonchev–Trinajstić information content (AvgIpc) is 2.69. The van der Waals surface area contributed by atoms with Crippen LogP contribution in [0.5, 0.6) is 0 Å². The van der Waals surface area contributed by atoms with Crippen molar-refractivity contribution >= 4 is 29.6 Å². The fourth-order valence-electron chi connectivity index (χ4n) is 3.11. The summed E-state index contributed by atoms with van der Waals surface area (Å²) in [4.78, 5) is 16.3. The minimum absolute atomic E-state index is 0.456. The van der Waals surface area contributed by atoms with E-state index in [0.717, 1.165) is 34.2 Å². The Bertz CT molecular complexity index is 965. The molecule has 1 aliphatic rings. The third kappa shape index (κ3) is 2.91. The summed E-state index contributed by atoms with van der Waals surface area (Å²) in [5, 5.41) is 6.41. The van der Waals surface area contributed by atoms with Crippen molar-refractivity contribution in [3.8, 4) is 11.1 Å². The molecule has 2 heterocycles. The number of aldehydes is 1. The number of benzene rings is 2. The van der Waals surface area contributed by atoms with Crippen molar-refractivity contribution in [1.29, 1.82) is 0 Å². The summed E-state index contributed by atoms with van der Waals surface area (Å²) in [6.07, 6.45) is 6.49. The van der Waals surface area contributed by atoms with Crippen molar-refractivity contribution in [3.05, 3.63) is 78.1 Å². The number of hydrogen-bond donors (Lipinski definition) is 3. The van der Waals surface area contributed by atoms with E-state index in [9.17, 15) is 4.79 Å². The van der Waals surface area contributed by atoms with Crippen LogP contribution >= 0.6 is 0 Å². The molecular weight excluding hydrogens is 324 g/mol. The van der Waals surface area contributed by atoms with Crippen LogP contribution in [0, 0.1) is 0 Å². The zero-order valence-electron chi connectivity index (χ0n) is 14.0. The second-order valence-electron chi connectivity index (χ2n) is 6.07. The molecule has 128 valence electrons. The molecule has 0 saturated heterocycles. The third-order valence-corrected chi connectivity index (χ3v) is 4.39. The van der Waals surface area contributed by atoms with Gasteiger partial charge < -0.3 is 21.2 Å². The number of fused-ring (bicyclic) bond motifs is 1. The molecule has 0 amide bonds. The van der Waals surface area contributed by atoms with Gasteiger partial charge in [0, 0.05) is 28.7 Å². The molecule has 0 spiro atoms. The number of aromatic nitrogens is 1. The highest BCUT2D eigenvalue weighted by atomic mass is 16.1. The van der Waals surface area contributed by atoms with E-state index in [4.69, 9.17) is 5.73 Å². The number of rotatable bonds is 4. The zero-order chi connectivity index (χ0) is 17.9. The van der Waals surface area contributed by atoms with Crippen molar-refractivity contribution in [2.45, 2.75) is 6.04 Å². The number of nitrogens with two attached hydrogens (primary N) is 1. The van der Waals surface area contributed by atoms with E-state index in [2.05, 4.69) is 15.6 Å². The number of nitrogen functional groups attached to an aromatic ring is 1. The molecule has 4 N–H and O–H groups in total. The monoisotopic (exact) mass is 342 g/mol. The standard InChI is InChI=1S/C21H18N4O/c22-15-8-6-14(7-9-15)18-12-24-21(25-16-4-2-1-3-5-16)20-17(18)10-11-23-19(20)13-26/h1-13,19,23H,22H2,(H,24,25). The van der Waals surface area contributed by atoms with E-state index in [1.54, 1.807) is 6.20 Å². The predicted octanol–water partition coefficient (Wildman–Crippen LogP) is 3.89. The van der Waals surface area contributed by atoms with Crippen molar-refractivity contribution in [1.82, 2.24) is 10.3 Å². The van der Waals surface area contributed by atoms with E-state index < -0.39 is 6.04 Å². The first kappa shape index (κ1) is 15.9. The van der Waals surface area contributed by atoms with Gasteiger partial charge in [0.15, 0.2) is 0 Å². The van der Waals surface area contributed by atoms with Crippen molar-refractivity contribution in [2.75, 3.05) is 11.1 Å². The number of carbonyl (C=O) groups is 1. The largest absolute Gasteiger partial charge is 0.399 e. The molecular formula is C21H18N4O. The van der Waals surface area contributed by atoms with E-state index in [-0.39, 0.29) is 0 Å². The molecule has 26 heavy (non-hydrogen) atoms.